The number of hydrogen-bond acceptors (Lipinski definition) is 3. The Balaban J connectivity index is 0.00000312. The van der Waals surface area contributed by atoms with Gasteiger partial charge in [-0.05, 0) is 44.0 Å². The molecule has 2 heterocycles. The van der Waals surface area contributed by atoms with Crippen molar-refractivity contribution in [2.24, 2.45) is 10.9 Å². The SMILES string of the molecule is CCC(CC)C(CNC(=NC)NCc1ccccn1)N1CCCC1.I. The number of hydrogen-bond donors (Lipinski definition) is 2. The number of likely N-dealkylation sites (tertiary alicyclic amines) is 1. The average Bonchev–Trinajstić information content (AvgIpc) is 3.16. The van der Waals surface area contributed by atoms with Gasteiger partial charge in [0.25, 0.3) is 0 Å². The summed E-state index contributed by atoms with van der Waals surface area (Å²) in [4.78, 5) is 11.4. The van der Waals surface area contributed by atoms with Crippen LogP contribution in [0, 0.1) is 5.92 Å². The first-order valence-corrected chi connectivity index (χ1v) is 9.36. The number of guanidine groups is 1. The first-order valence-electron chi connectivity index (χ1n) is 9.36. The van der Waals surface area contributed by atoms with Crippen molar-refractivity contribution in [3.05, 3.63) is 30.1 Å². The molecule has 1 aromatic heterocycles. The van der Waals surface area contributed by atoms with Crippen LogP contribution in [0.2, 0.25) is 0 Å². The first-order chi connectivity index (χ1) is 11.8. The predicted molar refractivity (Wildman–Crippen MR) is 117 cm³/mol. The third-order valence-corrected chi connectivity index (χ3v) is 5.07. The minimum Gasteiger partial charge on any atom is -0.355 e. The quantitative estimate of drug-likeness (QED) is 0.356. The van der Waals surface area contributed by atoms with Crippen LogP contribution in [-0.2, 0) is 6.54 Å². The van der Waals surface area contributed by atoms with E-state index in [1.807, 2.05) is 31.4 Å². The fraction of sp³-hybridized carbons (Fsp3) is 0.684. The van der Waals surface area contributed by atoms with Gasteiger partial charge in [-0.1, -0.05) is 32.8 Å². The molecule has 1 fully saturated rings. The molecule has 6 heteroatoms. The molecule has 0 aliphatic carbocycles. The normalized spacial score (nSPS) is 16.6. The second kappa shape index (κ2) is 12.5. The summed E-state index contributed by atoms with van der Waals surface area (Å²) in [5, 5.41) is 6.90. The molecule has 1 saturated heterocycles. The summed E-state index contributed by atoms with van der Waals surface area (Å²) in [5.74, 6) is 1.60. The van der Waals surface area contributed by atoms with Crippen LogP contribution in [0.3, 0.4) is 0 Å². The van der Waals surface area contributed by atoms with Gasteiger partial charge in [0.2, 0.25) is 0 Å². The summed E-state index contributed by atoms with van der Waals surface area (Å²) in [6.45, 7) is 8.75. The monoisotopic (exact) mass is 459 g/mol. The summed E-state index contributed by atoms with van der Waals surface area (Å²) in [7, 11) is 1.83. The van der Waals surface area contributed by atoms with Crippen LogP contribution in [0.15, 0.2) is 29.4 Å². The highest BCUT2D eigenvalue weighted by Crippen LogP contribution is 2.22. The lowest BCUT2D eigenvalue weighted by atomic mass is 9.93. The first kappa shape index (κ1) is 22.2. The molecule has 0 radical (unpaired) electrons. The summed E-state index contributed by atoms with van der Waals surface area (Å²) < 4.78 is 0. The van der Waals surface area contributed by atoms with Gasteiger partial charge in [0.05, 0.1) is 12.2 Å². The smallest absolute Gasteiger partial charge is 0.191 e. The molecule has 1 unspecified atom stereocenters. The molecule has 0 aromatic carbocycles. The number of pyridine rings is 1. The van der Waals surface area contributed by atoms with E-state index in [2.05, 4.69) is 39.4 Å². The van der Waals surface area contributed by atoms with Crippen molar-refractivity contribution in [2.45, 2.75) is 52.1 Å². The molecule has 0 amide bonds. The van der Waals surface area contributed by atoms with E-state index in [0.29, 0.717) is 12.6 Å². The summed E-state index contributed by atoms with van der Waals surface area (Å²) >= 11 is 0. The minimum absolute atomic E-state index is 0. The summed E-state index contributed by atoms with van der Waals surface area (Å²) in [6.07, 6.45) is 6.97. The van der Waals surface area contributed by atoms with Gasteiger partial charge in [0.1, 0.15) is 0 Å². The van der Waals surface area contributed by atoms with Crippen molar-refractivity contribution in [1.82, 2.24) is 20.5 Å². The van der Waals surface area contributed by atoms with E-state index in [4.69, 9.17) is 0 Å². The second-order valence-electron chi connectivity index (χ2n) is 6.51. The topological polar surface area (TPSA) is 52.6 Å². The van der Waals surface area contributed by atoms with Crippen molar-refractivity contribution in [2.75, 3.05) is 26.7 Å². The third kappa shape index (κ3) is 7.09. The second-order valence-corrected chi connectivity index (χ2v) is 6.51. The third-order valence-electron chi connectivity index (χ3n) is 5.07. The Morgan fingerprint density at radius 1 is 1.20 bits per heavy atom. The minimum atomic E-state index is 0. The fourth-order valence-corrected chi connectivity index (χ4v) is 3.60. The Labute approximate surface area is 170 Å². The van der Waals surface area contributed by atoms with Crippen LogP contribution in [0.25, 0.3) is 0 Å². The predicted octanol–water partition coefficient (Wildman–Crippen LogP) is 3.27. The maximum atomic E-state index is 4.36. The number of rotatable bonds is 8. The highest BCUT2D eigenvalue weighted by molar-refractivity contribution is 14.0. The van der Waals surface area contributed by atoms with Crippen LogP contribution in [0.1, 0.15) is 45.2 Å². The van der Waals surface area contributed by atoms with Gasteiger partial charge in [-0.25, -0.2) is 0 Å². The van der Waals surface area contributed by atoms with Gasteiger partial charge in [-0.3, -0.25) is 14.9 Å². The van der Waals surface area contributed by atoms with E-state index in [1.165, 1.54) is 38.8 Å². The molecule has 142 valence electrons. The van der Waals surface area contributed by atoms with Gasteiger partial charge in [-0.15, -0.1) is 24.0 Å². The van der Waals surface area contributed by atoms with E-state index < -0.39 is 0 Å². The number of aromatic nitrogens is 1. The number of halogens is 1. The maximum Gasteiger partial charge on any atom is 0.191 e. The Kier molecular flexibility index (Phi) is 11.0. The zero-order chi connectivity index (χ0) is 17.2. The van der Waals surface area contributed by atoms with Crippen molar-refractivity contribution in [1.29, 1.82) is 0 Å². The molecular weight excluding hydrogens is 425 g/mol. The van der Waals surface area contributed by atoms with Crippen molar-refractivity contribution in [3.63, 3.8) is 0 Å². The van der Waals surface area contributed by atoms with Crippen molar-refractivity contribution < 1.29 is 0 Å². The molecule has 2 rings (SSSR count). The van der Waals surface area contributed by atoms with Gasteiger partial charge in [0, 0.05) is 25.8 Å². The highest BCUT2D eigenvalue weighted by Gasteiger charge is 2.27. The van der Waals surface area contributed by atoms with E-state index in [-0.39, 0.29) is 24.0 Å². The molecule has 0 spiro atoms. The van der Waals surface area contributed by atoms with Crippen LogP contribution in [0.4, 0.5) is 0 Å². The maximum absolute atomic E-state index is 4.36. The molecular formula is C19H34IN5. The van der Waals surface area contributed by atoms with Crippen molar-refractivity contribution >= 4 is 29.9 Å². The fourth-order valence-electron chi connectivity index (χ4n) is 3.60. The lowest BCUT2D eigenvalue weighted by molar-refractivity contribution is 0.166. The van der Waals surface area contributed by atoms with E-state index in [1.54, 1.807) is 0 Å². The Hall–Kier alpha value is -0.890. The molecule has 1 atom stereocenters. The Bertz CT molecular complexity index is 482. The molecule has 1 aliphatic heterocycles. The van der Waals surface area contributed by atoms with E-state index >= 15 is 0 Å². The largest absolute Gasteiger partial charge is 0.355 e. The zero-order valence-electron chi connectivity index (χ0n) is 15.9. The van der Waals surface area contributed by atoms with Crippen LogP contribution in [-0.4, -0.2) is 48.6 Å². The average molecular weight is 459 g/mol. The molecule has 0 bridgehead atoms. The zero-order valence-corrected chi connectivity index (χ0v) is 18.2. The Morgan fingerprint density at radius 2 is 1.92 bits per heavy atom. The van der Waals surface area contributed by atoms with Crippen LogP contribution >= 0.6 is 24.0 Å². The molecule has 2 N–H and O–H groups in total. The van der Waals surface area contributed by atoms with E-state index in [0.717, 1.165) is 24.1 Å². The highest BCUT2D eigenvalue weighted by atomic mass is 127. The number of aliphatic imine (C=N–C) groups is 1. The lowest BCUT2D eigenvalue weighted by Gasteiger charge is -2.34. The summed E-state index contributed by atoms with van der Waals surface area (Å²) in [6, 6.07) is 6.57. The van der Waals surface area contributed by atoms with Gasteiger partial charge in [0.15, 0.2) is 5.96 Å². The lowest BCUT2D eigenvalue weighted by Crippen LogP contribution is -2.49. The molecule has 25 heavy (non-hydrogen) atoms. The van der Waals surface area contributed by atoms with E-state index in [9.17, 15) is 0 Å². The molecule has 1 aliphatic rings. The summed E-state index contributed by atoms with van der Waals surface area (Å²) in [5.41, 5.74) is 1.02. The molecule has 0 saturated carbocycles. The van der Waals surface area contributed by atoms with Crippen LogP contribution < -0.4 is 10.6 Å². The molecule has 5 nitrogen and oxygen atoms in total. The molecule has 1 aromatic rings. The van der Waals surface area contributed by atoms with Gasteiger partial charge >= 0.3 is 0 Å². The van der Waals surface area contributed by atoms with Crippen LogP contribution in [0.5, 0.6) is 0 Å². The Morgan fingerprint density at radius 3 is 2.48 bits per heavy atom. The standard InChI is InChI=1S/C19H33N5.HI/c1-4-16(5-2)18(24-12-8-9-13-24)15-23-19(20-3)22-14-17-10-6-7-11-21-17;/h6-7,10-11,16,18H,4-5,8-9,12-15H2,1-3H3,(H2,20,22,23);1H. The van der Waals surface area contributed by atoms with Gasteiger partial charge in [-0.2, -0.15) is 0 Å². The number of nitrogens with one attached hydrogen (secondary N) is 2. The van der Waals surface area contributed by atoms with Gasteiger partial charge < -0.3 is 10.6 Å². The number of nitrogens with zero attached hydrogens (tertiary/aromatic N) is 3. The van der Waals surface area contributed by atoms with Crippen molar-refractivity contribution in [3.8, 4) is 0 Å².